The van der Waals surface area contributed by atoms with Gasteiger partial charge in [0, 0.05) is 12.7 Å². The minimum absolute atomic E-state index is 0.101. The summed E-state index contributed by atoms with van der Waals surface area (Å²) in [7, 11) is 0. The van der Waals surface area contributed by atoms with Crippen LogP contribution in [0.1, 0.15) is 6.92 Å². The number of halogens is 1. The number of imidazole rings is 1. The Morgan fingerprint density at radius 1 is 1.44 bits per heavy atom. The summed E-state index contributed by atoms with van der Waals surface area (Å²) in [4.78, 5) is 4.16. The van der Waals surface area contributed by atoms with E-state index in [0.29, 0.717) is 16.4 Å². The van der Waals surface area contributed by atoms with Crippen molar-refractivity contribution in [3.05, 3.63) is 35.1 Å². The highest BCUT2D eigenvalue weighted by atomic mass is 79.9. The fraction of sp³-hybridized carbons (Fsp3) is 0.182. The first-order chi connectivity index (χ1) is 7.70. The first-order valence-corrected chi connectivity index (χ1v) is 5.68. The molecule has 0 atom stereocenters. The molecule has 0 aliphatic rings. The zero-order valence-electron chi connectivity index (χ0n) is 8.72. The van der Waals surface area contributed by atoms with E-state index in [1.165, 1.54) is 0 Å². The summed E-state index contributed by atoms with van der Waals surface area (Å²) in [6.07, 6.45) is 1.83. The number of hydrogen-bond donors (Lipinski definition) is 1. The van der Waals surface area contributed by atoms with Crippen molar-refractivity contribution < 1.29 is 9.84 Å². The lowest BCUT2D eigenvalue weighted by Crippen LogP contribution is -1.97. The second-order valence-corrected chi connectivity index (χ2v) is 4.01. The van der Waals surface area contributed by atoms with E-state index in [0.717, 1.165) is 6.54 Å². The molecule has 0 saturated heterocycles. The predicted octanol–water partition coefficient (Wildman–Crippen LogP) is 3.16. The van der Waals surface area contributed by atoms with Crippen molar-refractivity contribution in [3.8, 4) is 17.5 Å². The van der Waals surface area contributed by atoms with Crippen LogP contribution in [0.3, 0.4) is 0 Å². The van der Waals surface area contributed by atoms with Crippen molar-refractivity contribution >= 4 is 15.9 Å². The molecule has 2 aromatic rings. The molecule has 16 heavy (non-hydrogen) atoms. The number of phenols is 1. The molecular formula is C11H11BrN2O2. The molecule has 5 heteroatoms. The van der Waals surface area contributed by atoms with E-state index in [1.54, 1.807) is 24.3 Å². The highest BCUT2D eigenvalue weighted by Gasteiger charge is 2.09. The molecule has 0 aliphatic heterocycles. The summed E-state index contributed by atoms with van der Waals surface area (Å²) < 4.78 is 8.08. The van der Waals surface area contributed by atoms with Crippen LogP contribution < -0.4 is 4.74 Å². The number of rotatable bonds is 3. The van der Waals surface area contributed by atoms with E-state index in [2.05, 4.69) is 20.9 Å². The number of ether oxygens (including phenoxy) is 1. The molecule has 1 N–H and O–H groups in total. The van der Waals surface area contributed by atoms with Crippen LogP contribution in [0.5, 0.6) is 17.5 Å². The third kappa shape index (κ3) is 2.19. The van der Waals surface area contributed by atoms with Gasteiger partial charge in [-0.15, -0.1) is 0 Å². The van der Waals surface area contributed by atoms with Gasteiger partial charge in [-0.25, -0.2) is 0 Å². The Hall–Kier alpha value is -1.49. The molecule has 0 saturated carbocycles. The van der Waals surface area contributed by atoms with Gasteiger partial charge in [-0.05, 0) is 35.0 Å². The molecule has 0 bridgehead atoms. The maximum Gasteiger partial charge on any atom is 0.303 e. The van der Waals surface area contributed by atoms with Gasteiger partial charge in [-0.2, -0.15) is 4.98 Å². The Morgan fingerprint density at radius 3 is 2.88 bits per heavy atom. The second-order valence-electron chi connectivity index (χ2n) is 3.20. The lowest BCUT2D eigenvalue weighted by Gasteiger charge is -2.07. The Morgan fingerprint density at radius 2 is 2.19 bits per heavy atom. The molecule has 0 radical (unpaired) electrons. The van der Waals surface area contributed by atoms with Gasteiger partial charge < -0.3 is 9.84 Å². The maximum atomic E-state index is 9.57. The van der Waals surface area contributed by atoms with Crippen LogP contribution in [0.2, 0.25) is 0 Å². The predicted molar refractivity (Wildman–Crippen MR) is 63.8 cm³/mol. The van der Waals surface area contributed by atoms with Gasteiger partial charge >= 0.3 is 6.01 Å². The van der Waals surface area contributed by atoms with Crippen molar-refractivity contribution in [2.24, 2.45) is 0 Å². The monoisotopic (exact) mass is 282 g/mol. The lowest BCUT2D eigenvalue weighted by molar-refractivity contribution is 0.378. The molecular weight excluding hydrogens is 272 g/mol. The van der Waals surface area contributed by atoms with Crippen molar-refractivity contribution in [1.29, 1.82) is 0 Å². The zero-order chi connectivity index (χ0) is 11.5. The number of aromatic nitrogens is 2. The van der Waals surface area contributed by atoms with Crippen molar-refractivity contribution in [2.75, 3.05) is 0 Å². The zero-order valence-corrected chi connectivity index (χ0v) is 10.3. The number of para-hydroxylation sites is 2. The molecule has 2 rings (SSSR count). The largest absolute Gasteiger partial charge is 0.504 e. The van der Waals surface area contributed by atoms with Gasteiger partial charge in [0.05, 0.1) is 0 Å². The quantitative estimate of drug-likeness (QED) is 0.941. The van der Waals surface area contributed by atoms with Gasteiger partial charge in [0.1, 0.15) is 4.60 Å². The molecule has 0 fully saturated rings. The molecule has 0 unspecified atom stereocenters. The first-order valence-electron chi connectivity index (χ1n) is 4.89. The number of hydrogen-bond acceptors (Lipinski definition) is 3. The number of aryl methyl sites for hydroxylation is 1. The average Bonchev–Trinajstić information content (AvgIpc) is 2.62. The van der Waals surface area contributed by atoms with Crippen LogP contribution in [-0.2, 0) is 6.54 Å². The normalized spacial score (nSPS) is 10.4. The number of nitrogens with zero attached hydrogens (tertiary/aromatic N) is 2. The minimum Gasteiger partial charge on any atom is -0.504 e. The highest BCUT2D eigenvalue weighted by Crippen LogP contribution is 2.30. The van der Waals surface area contributed by atoms with Gasteiger partial charge in [-0.1, -0.05) is 12.1 Å². The summed E-state index contributed by atoms with van der Waals surface area (Å²) in [6.45, 7) is 2.74. The first kappa shape index (κ1) is 11.0. The summed E-state index contributed by atoms with van der Waals surface area (Å²) in [5.74, 6) is 0.500. The number of aromatic hydroxyl groups is 1. The molecule has 0 amide bonds. The van der Waals surface area contributed by atoms with E-state index in [-0.39, 0.29) is 5.75 Å². The molecule has 4 nitrogen and oxygen atoms in total. The highest BCUT2D eigenvalue weighted by molar-refractivity contribution is 9.10. The Labute approximate surface area is 102 Å². The number of benzene rings is 1. The Kier molecular flexibility index (Phi) is 3.14. The van der Waals surface area contributed by atoms with Crippen LogP contribution in [0.4, 0.5) is 0 Å². The topological polar surface area (TPSA) is 47.3 Å². The summed E-state index contributed by atoms with van der Waals surface area (Å²) in [6, 6.07) is 7.26. The smallest absolute Gasteiger partial charge is 0.303 e. The maximum absolute atomic E-state index is 9.57. The van der Waals surface area contributed by atoms with Gasteiger partial charge in [0.15, 0.2) is 11.5 Å². The fourth-order valence-electron chi connectivity index (χ4n) is 1.32. The van der Waals surface area contributed by atoms with E-state index in [1.807, 2.05) is 17.7 Å². The Bertz CT molecular complexity index is 496. The van der Waals surface area contributed by atoms with Crippen LogP contribution in [0.25, 0.3) is 0 Å². The van der Waals surface area contributed by atoms with Crippen LogP contribution >= 0.6 is 15.9 Å². The average molecular weight is 283 g/mol. The SMILES string of the molecule is CCn1cc(Br)nc1Oc1ccccc1O. The third-order valence-electron chi connectivity index (χ3n) is 2.12. The van der Waals surface area contributed by atoms with E-state index >= 15 is 0 Å². The fourth-order valence-corrected chi connectivity index (χ4v) is 1.72. The standard InChI is InChI=1S/C11H11BrN2O2/c1-2-14-7-10(12)13-11(14)16-9-6-4-3-5-8(9)15/h3-7,15H,2H2,1H3. The van der Waals surface area contributed by atoms with Gasteiger partial charge in [-0.3, -0.25) is 4.57 Å². The summed E-state index contributed by atoms with van der Waals surface area (Å²) in [5, 5.41) is 9.57. The van der Waals surface area contributed by atoms with Crippen LogP contribution in [-0.4, -0.2) is 14.7 Å². The van der Waals surface area contributed by atoms with Crippen LogP contribution in [0.15, 0.2) is 35.1 Å². The van der Waals surface area contributed by atoms with E-state index in [9.17, 15) is 5.11 Å². The van der Waals surface area contributed by atoms with Crippen molar-refractivity contribution in [2.45, 2.75) is 13.5 Å². The second kappa shape index (κ2) is 4.57. The molecule has 0 aliphatic carbocycles. The summed E-state index contributed by atoms with van der Waals surface area (Å²) in [5.41, 5.74) is 0. The molecule has 1 heterocycles. The van der Waals surface area contributed by atoms with E-state index < -0.39 is 0 Å². The molecule has 1 aromatic heterocycles. The minimum atomic E-state index is 0.101. The van der Waals surface area contributed by atoms with Gasteiger partial charge in [0.25, 0.3) is 0 Å². The molecule has 84 valence electrons. The lowest BCUT2D eigenvalue weighted by atomic mass is 10.3. The Balaban J connectivity index is 2.30. The van der Waals surface area contributed by atoms with Crippen molar-refractivity contribution in [3.63, 3.8) is 0 Å². The molecule has 1 aromatic carbocycles. The number of phenolic OH excluding ortho intramolecular Hbond substituents is 1. The van der Waals surface area contributed by atoms with E-state index in [4.69, 9.17) is 4.74 Å². The van der Waals surface area contributed by atoms with Crippen molar-refractivity contribution in [1.82, 2.24) is 9.55 Å². The van der Waals surface area contributed by atoms with Gasteiger partial charge in [0.2, 0.25) is 0 Å². The van der Waals surface area contributed by atoms with Crippen LogP contribution in [0, 0.1) is 0 Å². The molecule has 0 spiro atoms. The summed E-state index contributed by atoms with van der Waals surface area (Å²) >= 11 is 3.28. The third-order valence-corrected chi connectivity index (χ3v) is 2.50.